The van der Waals surface area contributed by atoms with Gasteiger partial charge in [0.15, 0.2) is 0 Å². The van der Waals surface area contributed by atoms with Gasteiger partial charge < -0.3 is 10.6 Å². The third-order valence-corrected chi connectivity index (χ3v) is 5.02. The Balaban J connectivity index is 1.90. The van der Waals surface area contributed by atoms with Gasteiger partial charge in [0.1, 0.15) is 0 Å². The van der Waals surface area contributed by atoms with Crippen LogP contribution in [-0.2, 0) is 18.4 Å². The monoisotopic (exact) mass is 307 g/mol. The van der Waals surface area contributed by atoms with Crippen LogP contribution in [-0.4, -0.2) is 58.2 Å². The molecule has 0 atom stereocenters. The first-order chi connectivity index (χ1) is 10.5. The Hall–Kier alpha value is -1.40. The molecule has 1 saturated heterocycles. The molecule has 124 valence electrons. The molecule has 1 aromatic rings. The standard InChI is InChI=1S/C16H29N5O/c1-4-16(5-2,13-17)15(22)21-8-6-20(7-9-21)12-14-10-18-19(3)11-14/h10-11H,4-9,12-13,17H2,1-3H3. The lowest BCUT2D eigenvalue weighted by Gasteiger charge is -2.40. The normalized spacial score (nSPS) is 17.0. The zero-order valence-corrected chi connectivity index (χ0v) is 14.1. The van der Waals surface area contributed by atoms with Crippen LogP contribution < -0.4 is 5.73 Å². The van der Waals surface area contributed by atoms with Crippen LogP contribution in [0.3, 0.4) is 0 Å². The van der Waals surface area contributed by atoms with E-state index in [1.807, 2.05) is 29.0 Å². The highest BCUT2D eigenvalue weighted by molar-refractivity contribution is 5.83. The maximum atomic E-state index is 12.8. The Bertz CT molecular complexity index is 478. The quantitative estimate of drug-likeness (QED) is 0.845. The van der Waals surface area contributed by atoms with Gasteiger partial charge >= 0.3 is 0 Å². The molecule has 6 heteroatoms. The summed E-state index contributed by atoms with van der Waals surface area (Å²) in [5, 5.41) is 4.20. The van der Waals surface area contributed by atoms with Crippen molar-refractivity contribution in [1.29, 1.82) is 0 Å². The number of carbonyl (C=O) groups is 1. The number of piperazine rings is 1. The molecule has 1 aliphatic heterocycles. The maximum absolute atomic E-state index is 12.8. The Morgan fingerprint density at radius 2 is 1.91 bits per heavy atom. The molecule has 0 spiro atoms. The van der Waals surface area contributed by atoms with E-state index in [0.29, 0.717) is 6.54 Å². The van der Waals surface area contributed by atoms with Gasteiger partial charge in [0.25, 0.3) is 0 Å². The number of hydrogen-bond donors (Lipinski definition) is 1. The van der Waals surface area contributed by atoms with Crippen LogP contribution in [0.5, 0.6) is 0 Å². The van der Waals surface area contributed by atoms with E-state index < -0.39 is 0 Å². The molecule has 2 rings (SSSR count). The minimum atomic E-state index is -0.370. The summed E-state index contributed by atoms with van der Waals surface area (Å²) in [4.78, 5) is 17.2. The highest BCUT2D eigenvalue weighted by Crippen LogP contribution is 2.28. The lowest BCUT2D eigenvalue weighted by atomic mass is 9.81. The van der Waals surface area contributed by atoms with Gasteiger partial charge in [0.2, 0.25) is 5.91 Å². The molecule has 0 aromatic carbocycles. The lowest BCUT2D eigenvalue weighted by Crippen LogP contribution is -2.54. The molecular formula is C16H29N5O. The van der Waals surface area contributed by atoms with E-state index >= 15 is 0 Å². The van der Waals surface area contributed by atoms with E-state index in [1.54, 1.807) is 0 Å². The summed E-state index contributed by atoms with van der Waals surface area (Å²) in [6.45, 7) is 8.87. The highest BCUT2D eigenvalue weighted by Gasteiger charge is 2.37. The molecule has 2 heterocycles. The lowest BCUT2D eigenvalue weighted by molar-refractivity contribution is -0.144. The predicted molar refractivity (Wildman–Crippen MR) is 87.1 cm³/mol. The van der Waals surface area contributed by atoms with Crippen LogP contribution in [0.1, 0.15) is 32.3 Å². The van der Waals surface area contributed by atoms with E-state index in [-0.39, 0.29) is 11.3 Å². The number of rotatable bonds is 6. The van der Waals surface area contributed by atoms with Gasteiger partial charge in [-0.15, -0.1) is 0 Å². The molecule has 0 saturated carbocycles. The molecular weight excluding hydrogens is 278 g/mol. The summed E-state index contributed by atoms with van der Waals surface area (Å²) < 4.78 is 1.83. The fourth-order valence-corrected chi connectivity index (χ4v) is 3.18. The summed E-state index contributed by atoms with van der Waals surface area (Å²) in [6, 6.07) is 0. The van der Waals surface area contributed by atoms with Crippen molar-refractivity contribution in [2.75, 3.05) is 32.7 Å². The number of aromatic nitrogens is 2. The third-order valence-electron chi connectivity index (χ3n) is 5.02. The summed E-state index contributed by atoms with van der Waals surface area (Å²) in [6.07, 6.45) is 5.58. The van der Waals surface area contributed by atoms with Gasteiger partial charge in [-0.3, -0.25) is 14.4 Å². The van der Waals surface area contributed by atoms with Crippen LogP contribution in [0.4, 0.5) is 0 Å². The van der Waals surface area contributed by atoms with E-state index in [9.17, 15) is 4.79 Å². The molecule has 0 unspecified atom stereocenters. The summed E-state index contributed by atoms with van der Waals surface area (Å²) in [5.41, 5.74) is 6.75. The van der Waals surface area contributed by atoms with E-state index in [0.717, 1.165) is 45.6 Å². The first-order valence-electron chi connectivity index (χ1n) is 8.24. The number of nitrogens with zero attached hydrogens (tertiary/aromatic N) is 4. The second kappa shape index (κ2) is 7.24. The van der Waals surface area contributed by atoms with Gasteiger partial charge in [0, 0.05) is 58.1 Å². The molecule has 0 aliphatic carbocycles. The van der Waals surface area contributed by atoms with Crippen molar-refractivity contribution in [3.63, 3.8) is 0 Å². The Labute approximate surface area is 133 Å². The molecule has 0 bridgehead atoms. The van der Waals surface area contributed by atoms with Gasteiger partial charge in [-0.2, -0.15) is 5.10 Å². The Morgan fingerprint density at radius 1 is 1.27 bits per heavy atom. The highest BCUT2D eigenvalue weighted by atomic mass is 16.2. The zero-order chi connectivity index (χ0) is 16.2. The molecule has 0 radical (unpaired) electrons. The van der Waals surface area contributed by atoms with Crippen LogP contribution in [0, 0.1) is 5.41 Å². The van der Waals surface area contributed by atoms with Crippen LogP contribution in [0.2, 0.25) is 0 Å². The summed E-state index contributed by atoms with van der Waals surface area (Å²) in [7, 11) is 1.93. The first-order valence-corrected chi connectivity index (χ1v) is 8.24. The van der Waals surface area contributed by atoms with Gasteiger partial charge in [-0.05, 0) is 12.8 Å². The molecule has 6 nitrogen and oxygen atoms in total. The Kier molecular flexibility index (Phi) is 5.58. The van der Waals surface area contributed by atoms with Crippen molar-refractivity contribution in [1.82, 2.24) is 19.6 Å². The van der Waals surface area contributed by atoms with E-state index in [4.69, 9.17) is 5.73 Å². The first kappa shape index (κ1) is 17.0. The van der Waals surface area contributed by atoms with Crippen molar-refractivity contribution < 1.29 is 4.79 Å². The number of hydrogen-bond acceptors (Lipinski definition) is 4. The molecule has 1 fully saturated rings. The van der Waals surface area contributed by atoms with Crippen molar-refractivity contribution >= 4 is 5.91 Å². The van der Waals surface area contributed by atoms with Gasteiger partial charge in [-0.25, -0.2) is 0 Å². The zero-order valence-electron chi connectivity index (χ0n) is 14.1. The summed E-state index contributed by atoms with van der Waals surface area (Å²) in [5.74, 6) is 0.237. The molecule has 22 heavy (non-hydrogen) atoms. The minimum Gasteiger partial charge on any atom is -0.340 e. The largest absolute Gasteiger partial charge is 0.340 e. The summed E-state index contributed by atoms with van der Waals surface area (Å²) >= 11 is 0. The van der Waals surface area contributed by atoms with Crippen LogP contribution in [0.15, 0.2) is 12.4 Å². The van der Waals surface area contributed by atoms with E-state index in [2.05, 4.69) is 23.8 Å². The van der Waals surface area contributed by atoms with Crippen molar-refractivity contribution in [3.8, 4) is 0 Å². The second-order valence-corrected chi connectivity index (χ2v) is 6.28. The second-order valence-electron chi connectivity index (χ2n) is 6.28. The fourth-order valence-electron chi connectivity index (χ4n) is 3.18. The molecule has 1 aromatic heterocycles. The van der Waals surface area contributed by atoms with Gasteiger partial charge in [-0.1, -0.05) is 13.8 Å². The van der Waals surface area contributed by atoms with Crippen molar-refractivity contribution in [2.24, 2.45) is 18.2 Å². The molecule has 1 aliphatic rings. The topological polar surface area (TPSA) is 67.4 Å². The fraction of sp³-hybridized carbons (Fsp3) is 0.750. The van der Waals surface area contributed by atoms with E-state index in [1.165, 1.54) is 5.56 Å². The smallest absolute Gasteiger partial charge is 0.230 e. The number of amides is 1. The molecule has 1 amide bonds. The van der Waals surface area contributed by atoms with Gasteiger partial charge in [0.05, 0.1) is 11.6 Å². The predicted octanol–water partition coefficient (Wildman–Crippen LogP) is 0.829. The average molecular weight is 307 g/mol. The van der Waals surface area contributed by atoms with Crippen molar-refractivity contribution in [3.05, 3.63) is 18.0 Å². The van der Waals surface area contributed by atoms with Crippen LogP contribution >= 0.6 is 0 Å². The number of carbonyl (C=O) groups excluding carboxylic acids is 1. The minimum absolute atomic E-state index is 0.237. The number of aryl methyl sites for hydroxylation is 1. The number of nitrogens with two attached hydrogens (primary N) is 1. The SMILES string of the molecule is CCC(CC)(CN)C(=O)N1CCN(Cc2cnn(C)c2)CC1. The third kappa shape index (κ3) is 3.50. The maximum Gasteiger partial charge on any atom is 0.230 e. The van der Waals surface area contributed by atoms with Crippen LogP contribution in [0.25, 0.3) is 0 Å². The average Bonchev–Trinajstić information content (AvgIpc) is 2.95. The van der Waals surface area contributed by atoms with Crippen molar-refractivity contribution in [2.45, 2.75) is 33.2 Å². The molecule has 2 N–H and O–H groups in total. The Morgan fingerprint density at radius 3 is 2.36 bits per heavy atom.